The smallest absolute Gasteiger partial charge is 0.240 e. The van der Waals surface area contributed by atoms with Crippen molar-refractivity contribution >= 4 is 51.2 Å². The zero-order chi connectivity index (χ0) is 18.1. The van der Waals surface area contributed by atoms with E-state index in [1.807, 2.05) is 24.3 Å². The van der Waals surface area contributed by atoms with Crippen molar-refractivity contribution in [1.82, 2.24) is 5.43 Å². The van der Waals surface area contributed by atoms with Crippen molar-refractivity contribution in [3.05, 3.63) is 63.6 Å². The summed E-state index contributed by atoms with van der Waals surface area (Å²) < 4.78 is 0.944. The molecule has 0 bridgehead atoms. The summed E-state index contributed by atoms with van der Waals surface area (Å²) in [5.74, 6) is -0.380. The minimum absolute atomic E-state index is 0.130. The Morgan fingerprint density at radius 2 is 1.72 bits per heavy atom. The summed E-state index contributed by atoms with van der Waals surface area (Å²) in [6, 6.07) is 14.5. The van der Waals surface area contributed by atoms with Gasteiger partial charge in [-0.1, -0.05) is 45.7 Å². The van der Waals surface area contributed by atoms with E-state index in [1.165, 1.54) is 6.21 Å². The lowest BCUT2D eigenvalue weighted by molar-refractivity contribution is -0.121. The Bertz CT molecular complexity index is 763. The molecule has 2 rings (SSSR count). The number of carbonyl (C=O) groups is 2. The molecular formula is C18H17BrClN3O2. The molecule has 0 aromatic heterocycles. The van der Waals surface area contributed by atoms with Gasteiger partial charge in [0, 0.05) is 33.6 Å². The second-order valence-electron chi connectivity index (χ2n) is 5.22. The monoisotopic (exact) mass is 421 g/mol. The van der Waals surface area contributed by atoms with E-state index in [4.69, 9.17) is 11.6 Å². The summed E-state index contributed by atoms with van der Waals surface area (Å²) in [5.41, 5.74) is 3.87. The van der Waals surface area contributed by atoms with Gasteiger partial charge >= 0.3 is 0 Å². The highest BCUT2D eigenvalue weighted by molar-refractivity contribution is 9.10. The standard InChI is InChI=1S/C18H17BrClN3O2/c19-14-8-10-15(11-9-14)22-17(24)6-3-7-18(25)23-21-12-13-4-1-2-5-16(13)20/h1-2,4-5,8-12H,3,6-7H2,(H,22,24)(H,23,25)/b21-12-. The van der Waals surface area contributed by atoms with Crippen LogP contribution < -0.4 is 10.7 Å². The first-order valence-electron chi connectivity index (χ1n) is 7.66. The lowest BCUT2D eigenvalue weighted by Gasteiger charge is -2.05. The van der Waals surface area contributed by atoms with Crippen molar-refractivity contribution in [2.75, 3.05) is 5.32 Å². The van der Waals surface area contributed by atoms with E-state index in [-0.39, 0.29) is 24.7 Å². The summed E-state index contributed by atoms with van der Waals surface area (Å²) >= 11 is 9.32. The molecule has 5 nitrogen and oxygen atoms in total. The number of amides is 2. The molecule has 2 aromatic rings. The van der Waals surface area contributed by atoms with Crippen LogP contribution in [0.2, 0.25) is 5.02 Å². The Kier molecular flexibility index (Phi) is 7.63. The quantitative estimate of drug-likeness (QED) is 0.514. The second-order valence-corrected chi connectivity index (χ2v) is 6.55. The van der Waals surface area contributed by atoms with Crippen LogP contribution in [0.4, 0.5) is 5.69 Å². The van der Waals surface area contributed by atoms with Crippen LogP contribution >= 0.6 is 27.5 Å². The van der Waals surface area contributed by atoms with Crippen LogP contribution in [0.5, 0.6) is 0 Å². The zero-order valence-electron chi connectivity index (χ0n) is 13.3. The molecule has 0 aliphatic heterocycles. The minimum atomic E-state index is -0.250. The van der Waals surface area contributed by atoms with Crippen molar-refractivity contribution in [2.45, 2.75) is 19.3 Å². The molecule has 2 N–H and O–H groups in total. The van der Waals surface area contributed by atoms with E-state index in [1.54, 1.807) is 24.3 Å². The van der Waals surface area contributed by atoms with Crippen LogP contribution in [0.25, 0.3) is 0 Å². The molecule has 2 amide bonds. The van der Waals surface area contributed by atoms with Crippen LogP contribution in [-0.2, 0) is 9.59 Å². The Labute approximate surface area is 159 Å². The van der Waals surface area contributed by atoms with E-state index in [0.29, 0.717) is 11.4 Å². The number of benzene rings is 2. The number of hydrogen-bond donors (Lipinski definition) is 2. The second kappa shape index (κ2) is 9.96. The minimum Gasteiger partial charge on any atom is -0.326 e. The number of rotatable bonds is 7. The number of hydrazone groups is 1. The van der Waals surface area contributed by atoms with Gasteiger partial charge in [0.25, 0.3) is 0 Å². The van der Waals surface area contributed by atoms with Crippen molar-refractivity contribution in [3.8, 4) is 0 Å². The summed E-state index contributed by atoms with van der Waals surface area (Å²) in [7, 11) is 0. The average Bonchev–Trinajstić information content (AvgIpc) is 2.59. The highest BCUT2D eigenvalue weighted by Gasteiger charge is 2.05. The number of hydrogen-bond acceptors (Lipinski definition) is 3. The fourth-order valence-electron chi connectivity index (χ4n) is 1.98. The molecule has 0 saturated carbocycles. The van der Waals surface area contributed by atoms with Crippen molar-refractivity contribution < 1.29 is 9.59 Å². The molecule has 0 atom stereocenters. The molecule has 0 aliphatic rings. The first-order chi connectivity index (χ1) is 12.0. The van der Waals surface area contributed by atoms with Gasteiger partial charge < -0.3 is 5.32 Å². The molecule has 0 aliphatic carbocycles. The van der Waals surface area contributed by atoms with Gasteiger partial charge in [-0.2, -0.15) is 5.10 Å². The third kappa shape index (κ3) is 7.07. The highest BCUT2D eigenvalue weighted by Crippen LogP contribution is 2.14. The van der Waals surface area contributed by atoms with Gasteiger partial charge in [-0.25, -0.2) is 5.43 Å². The van der Waals surface area contributed by atoms with E-state index >= 15 is 0 Å². The Balaban J connectivity index is 1.67. The molecular weight excluding hydrogens is 406 g/mol. The summed E-state index contributed by atoms with van der Waals surface area (Å²) in [6.45, 7) is 0. The number of halogens is 2. The maximum Gasteiger partial charge on any atom is 0.240 e. The van der Waals surface area contributed by atoms with E-state index in [2.05, 4.69) is 31.8 Å². The normalized spacial score (nSPS) is 10.6. The van der Waals surface area contributed by atoms with E-state index < -0.39 is 0 Å². The van der Waals surface area contributed by atoms with Gasteiger partial charge in [0.2, 0.25) is 11.8 Å². The molecule has 0 spiro atoms. The fraction of sp³-hybridized carbons (Fsp3) is 0.167. The first-order valence-corrected chi connectivity index (χ1v) is 8.83. The van der Waals surface area contributed by atoms with Gasteiger partial charge in [0.15, 0.2) is 0 Å². The maximum atomic E-state index is 11.8. The Morgan fingerprint density at radius 1 is 1.04 bits per heavy atom. The zero-order valence-corrected chi connectivity index (χ0v) is 15.7. The van der Waals surface area contributed by atoms with Crippen LogP contribution in [0.1, 0.15) is 24.8 Å². The molecule has 0 radical (unpaired) electrons. The molecule has 25 heavy (non-hydrogen) atoms. The molecule has 0 fully saturated rings. The summed E-state index contributed by atoms with van der Waals surface area (Å²) in [5, 5.41) is 7.20. The number of nitrogens with zero attached hydrogens (tertiary/aromatic N) is 1. The van der Waals surface area contributed by atoms with E-state index in [9.17, 15) is 9.59 Å². The third-order valence-electron chi connectivity index (χ3n) is 3.23. The number of nitrogens with one attached hydrogen (secondary N) is 2. The molecule has 0 saturated heterocycles. The lowest BCUT2D eigenvalue weighted by Crippen LogP contribution is -2.18. The average molecular weight is 423 g/mol. The summed E-state index contributed by atoms with van der Waals surface area (Å²) in [6.07, 6.45) is 2.40. The van der Waals surface area contributed by atoms with Crippen LogP contribution in [0.15, 0.2) is 58.1 Å². The van der Waals surface area contributed by atoms with Crippen molar-refractivity contribution in [3.63, 3.8) is 0 Å². The molecule has 2 aromatic carbocycles. The van der Waals surface area contributed by atoms with Crippen molar-refractivity contribution in [1.29, 1.82) is 0 Å². The maximum absolute atomic E-state index is 11.8. The largest absolute Gasteiger partial charge is 0.326 e. The molecule has 7 heteroatoms. The number of anilines is 1. The summed E-state index contributed by atoms with van der Waals surface area (Å²) in [4.78, 5) is 23.5. The van der Waals surface area contributed by atoms with Gasteiger partial charge in [-0.3, -0.25) is 9.59 Å². The topological polar surface area (TPSA) is 70.6 Å². The SMILES string of the molecule is O=C(CCCC(=O)Nc1ccc(Br)cc1)N/N=C\c1ccccc1Cl. The van der Waals surface area contributed by atoms with Gasteiger partial charge in [-0.15, -0.1) is 0 Å². The van der Waals surface area contributed by atoms with Crippen LogP contribution in [0.3, 0.4) is 0 Å². The van der Waals surface area contributed by atoms with Gasteiger partial charge in [-0.05, 0) is 36.8 Å². The fourth-order valence-corrected chi connectivity index (χ4v) is 2.42. The van der Waals surface area contributed by atoms with Crippen LogP contribution in [0, 0.1) is 0 Å². The predicted molar refractivity (Wildman–Crippen MR) is 104 cm³/mol. The third-order valence-corrected chi connectivity index (χ3v) is 4.11. The number of carbonyl (C=O) groups excluding carboxylic acids is 2. The predicted octanol–water partition coefficient (Wildman–Crippen LogP) is 4.36. The molecule has 0 unspecified atom stereocenters. The Hall–Kier alpha value is -2.18. The molecule has 0 heterocycles. The van der Waals surface area contributed by atoms with Crippen LogP contribution in [-0.4, -0.2) is 18.0 Å². The Morgan fingerprint density at radius 3 is 2.44 bits per heavy atom. The molecule has 130 valence electrons. The van der Waals surface area contributed by atoms with Gasteiger partial charge in [0.1, 0.15) is 0 Å². The first kappa shape index (κ1) is 19.1. The lowest BCUT2D eigenvalue weighted by atomic mass is 10.2. The van der Waals surface area contributed by atoms with E-state index in [0.717, 1.165) is 15.7 Å². The van der Waals surface area contributed by atoms with Gasteiger partial charge in [0.05, 0.1) is 6.21 Å². The van der Waals surface area contributed by atoms with Crippen molar-refractivity contribution in [2.24, 2.45) is 5.10 Å². The highest BCUT2D eigenvalue weighted by atomic mass is 79.9.